The normalized spacial score (nSPS) is 14.4. The first kappa shape index (κ1) is 23.7. The number of nitriles is 1. The largest absolute Gasteiger partial charge is 0.452 e. The predicted molar refractivity (Wildman–Crippen MR) is 119 cm³/mol. The van der Waals surface area contributed by atoms with Crippen LogP contribution in [0.2, 0.25) is 5.02 Å². The Morgan fingerprint density at radius 1 is 1.09 bits per heavy atom. The van der Waals surface area contributed by atoms with Gasteiger partial charge in [0.05, 0.1) is 16.7 Å². The Morgan fingerprint density at radius 2 is 1.78 bits per heavy atom. The Morgan fingerprint density at radius 3 is 2.44 bits per heavy atom. The van der Waals surface area contributed by atoms with Gasteiger partial charge in [-0.05, 0) is 43.2 Å². The number of carbonyl (C=O) groups is 2. The van der Waals surface area contributed by atoms with Crippen LogP contribution in [-0.2, 0) is 19.6 Å². The molecule has 1 aliphatic rings. The van der Waals surface area contributed by atoms with Gasteiger partial charge in [-0.15, -0.1) is 0 Å². The van der Waals surface area contributed by atoms with Crippen LogP contribution in [0.15, 0.2) is 53.4 Å². The molecule has 2 aromatic carbocycles. The standard InChI is InChI=1S/C22H22ClN3O5S/c23-19-10-9-17(15-20(19)32(29,30)25-12-5-2-6-13-25)22(28)31-16-21(27)26(14-11-24)18-7-3-1-4-8-18/h1,3-4,7-10,15H,2,5-6,12-14,16H2. The van der Waals surface area contributed by atoms with E-state index >= 15 is 0 Å². The fraction of sp³-hybridized carbons (Fsp3) is 0.318. The molecule has 0 aliphatic carbocycles. The first-order chi connectivity index (χ1) is 15.3. The summed E-state index contributed by atoms with van der Waals surface area (Å²) in [5, 5.41) is 9.02. The Labute approximate surface area is 192 Å². The van der Waals surface area contributed by atoms with Crippen LogP contribution >= 0.6 is 11.6 Å². The summed E-state index contributed by atoms with van der Waals surface area (Å²) in [7, 11) is -3.85. The number of rotatable bonds is 7. The topological polar surface area (TPSA) is 108 Å². The molecule has 0 unspecified atom stereocenters. The van der Waals surface area contributed by atoms with Gasteiger partial charge in [-0.2, -0.15) is 9.57 Å². The van der Waals surface area contributed by atoms with Gasteiger partial charge in [-0.1, -0.05) is 36.2 Å². The summed E-state index contributed by atoms with van der Waals surface area (Å²) < 4.78 is 32.4. The zero-order valence-electron chi connectivity index (χ0n) is 17.2. The van der Waals surface area contributed by atoms with Gasteiger partial charge in [0.1, 0.15) is 11.4 Å². The summed E-state index contributed by atoms with van der Waals surface area (Å²) >= 11 is 6.13. The Bertz CT molecular complexity index is 1130. The first-order valence-electron chi connectivity index (χ1n) is 10.0. The van der Waals surface area contributed by atoms with Gasteiger partial charge < -0.3 is 4.74 Å². The summed E-state index contributed by atoms with van der Waals surface area (Å²) in [5.74, 6) is -1.45. The smallest absolute Gasteiger partial charge is 0.338 e. The van der Waals surface area contributed by atoms with E-state index in [-0.39, 0.29) is 22.0 Å². The molecule has 0 N–H and O–H groups in total. The highest BCUT2D eigenvalue weighted by atomic mass is 35.5. The number of hydrogen-bond acceptors (Lipinski definition) is 6. The van der Waals surface area contributed by atoms with Crippen LogP contribution in [0.3, 0.4) is 0 Å². The van der Waals surface area contributed by atoms with Crippen molar-refractivity contribution in [1.29, 1.82) is 5.26 Å². The van der Waals surface area contributed by atoms with Crippen LogP contribution in [-0.4, -0.2) is 50.8 Å². The second-order valence-electron chi connectivity index (χ2n) is 7.16. The van der Waals surface area contributed by atoms with Crippen LogP contribution in [0.1, 0.15) is 29.6 Å². The third-order valence-corrected chi connectivity index (χ3v) is 7.40. The number of ether oxygens (including phenoxy) is 1. The summed E-state index contributed by atoms with van der Waals surface area (Å²) in [5.41, 5.74) is 0.459. The van der Waals surface area contributed by atoms with Gasteiger partial charge in [-0.3, -0.25) is 9.69 Å². The molecule has 0 saturated carbocycles. The molecule has 0 atom stereocenters. The van der Waals surface area contributed by atoms with E-state index in [9.17, 15) is 18.0 Å². The third kappa shape index (κ3) is 5.46. The number of sulfonamides is 1. The lowest BCUT2D eigenvalue weighted by Gasteiger charge is -2.26. The SMILES string of the molecule is N#CCN(C(=O)COC(=O)c1ccc(Cl)c(S(=O)(=O)N2CCCCC2)c1)c1ccccc1. The van der Waals surface area contributed by atoms with Crippen LogP contribution < -0.4 is 4.90 Å². The van der Waals surface area contributed by atoms with E-state index in [4.69, 9.17) is 21.6 Å². The van der Waals surface area contributed by atoms with Crippen LogP contribution in [0.5, 0.6) is 0 Å². The van der Waals surface area contributed by atoms with Gasteiger partial charge in [-0.25, -0.2) is 13.2 Å². The van der Waals surface area contributed by atoms with Crippen LogP contribution in [0.4, 0.5) is 5.69 Å². The van der Waals surface area contributed by atoms with Crippen molar-refractivity contribution < 1.29 is 22.7 Å². The summed E-state index contributed by atoms with van der Waals surface area (Å²) in [6.45, 7) is -0.0160. The molecule has 1 amide bonds. The molecule has 168 valence electrons. The van der Waals surface area contributed by atoms with Crippen molar-refractivity contribution >= 4 is 39.2 Å². The van der Waals surface area contributed by atoms with E-state index in [1.807, 2.05) is 6.07 Å². The number of carbonyl (C=O) groups excluding carboxylic acids is 2. The maximum Gasteiger partial charge on any atom is 0.338 e. The lowest BCUT2D eigenvalue weighted by molar-refractivity contribution is -0.121. The minimum atomic E-state index is -3.85. The molecule has 1 saturated heterocycles. The Kier molecular flexibility index (Phi) is 7.85. The molecule has 1 heterocycles. The minimum absolute atomic E-state index is 0.00692. The third-order valence-electron chi connectivity index (χ3n) is 5.02. The fourth-order valence-electron chi connectivity index (χ4n) is 3.36. The number of halogens is 1. The number of piperidine rings is 1. The lowest BCUT2D eigenvalue weighted by atomic mass is 10.2. The van der Waals surface area contributed by atoms with Gasteiger partial charge >= 0.3 is 5.97 Å². The van der Waals surface area contributed by atoms with Crippen molar-refractivity contribution in [2.45, 2.75) is 24.2 Å². The molecule has 1 aliphatic heterocycles. The fourth-order valence-corrected chi connectivity index (χ4v) is 5.38. The average Bonchev–Trinajstić information content (AvgIpc) is 2.82. The summed E-state index contributed by atoms with van der Waals surface area (Å²) in [6, 6.07) is 14.3. The summed E-state index contributed by atoms with van der Waals surface area (Å²) in [4.78, 5) is 26.1. The molecule has 10 heteroatoms. The molecule has 32 heavy (non-hydrogen) atoms. The minimum Gasteiger partial charge on any atom is -0.452 e. The molecule has 0 bridgehead atoms. The molecule has 1 fully saturated rings. The second kappa shape index (κ2) is 10.6. The van der Waals surface area contributed by atoms with Crippen molar-refractivity contribution in [1.82, 2.24) is 4.31 Å². The van der Waals surface area contributed by atoms with Gasteiger partial charge in [0.25, 0.3) is 5.91 Å². The van der Waals surface area contributed by atoms with Crippen LogP contribution in [0.25, 0.3) is 0 Å². The van der Waals surface area contributed by atoms with Crippen molar-refractivity contribution in [2.75, 3.05) is 31.1 Å². The Hall–Kier alpha value is -2.93. The number of benzene rings is 2. The highest BCUT2D eigenvalue weighted by molar-refractivity contribution is 7.89. The highest BCUT2D eigenvalue weighted by Gasteiger charge is 2.29. The molecular weight excluding hydrogens is 454 g/mol. The maximum atomic E-state index is 13.0. The quantitative estimate of drug-likeness (QED) is 0.449. The van der Waals surface area contributed by atoms with E-state index in [1.54, 1.807) is 30.3 Å². The maximum absolute atomic E-state index is 13.0. The predicted octanol–water partition coefficient (Wildman–Crippen LogP) is 3.23. The molecule has 0 aromatic heterocycles. The van der Waals surface area contributed by atoms with E-state index < -0.39 is 28.5 Å². The number of anilines is 1. The number of nitrogens with zero attached hydrogens (tertiary/aromatic N) is 3. The number of hydrogen-bond donors (Lipinski definition) is 0. The molecule has 8 nitrogen and oxygen atoms in total. The zero-order chi connectivity index (χ0) is 23.1. The summed E-state index contributed by atoms with van der Waals surface area (Å²) in [6.07, 6.45) is 2.49. The molecule has 3 rings (SSSR count). The van der Waals surface area contributed by atoms with E-state index in [2.05, 4.69) is 0 Å². The van der Waals surface area contributed by atoms with Crippen LogP contribution in [0, 0.1) is 11.3 Å². The second-order valence-corrected chi connectivity index (χ2v) is 9.47. The van der Waals surface area contributed by atoms with Crippen molar-refractivity contribution in [3.8, 4) is 6.07 Å². The van der Waals surface area contributed by atoms with Gasteiger partial charge in [0, 0.05) is 18.8 Å². The van der Waals surface area contributed by atoms with Gasteiger partial charge in [0.15, 0.2) is 6.61 Å². The van der Waals surface area contributed by atoms with Crippen molar-refractivity contribution in [2.24, 2.45) is 0 Å². The average molecular weight is 476 g/mol. The van der Waals surface area contributed by atoms with E-state index in [0.717, 1.165) is 19.3 Å². The molecular formula is C22H22ClN3O5S. The number of amides is 1. The lowest BCUT2D eigenvalue weighted by Crippen LogP contribution is -2.36. The van der Waals surface area contributed by atoms with E-state index in [1.165, 1.54) is 27.4 Å². The molecule has 0 spiro atoms. The zero-order valence-corrected chi connectivity index (χ0v) is 18.8. The number of para-hydroxylation sites is 1. The van der Waals surface area contributed by atoms with Crippen molar-refractivity contribution in [3.63, 3.8) is 0 Å². The monoisotopic (exact) mass is 475 g/mol. The highest BCUT2D eigenvalue weighted by Crippen LogP contribution is 2.28. The first-order valence-corrected chi connectivity index (χ1v) is 11.9. The molecule has 0 radical (unpaired) electrons. The Balaban J connectivity index is 1.73. The molecule has 2 aromatic rings. The van der Waals surface area contributed by atoms with Gasteiger partial charge in [0.2, 0.25) is 10.0 Å². The van der Waals surface area contributed by atoms with Crippen molar-refractivity contribution in [3.05, 3.63) is 59.1 Å². The van der Waals surface area contributed by atoms with E-state index in [0.29, 0.717) is 18.8 Å². The number of esters is 1.